The fourth-order valence-corrected chi connectivity index (χ4v) is 2.95. The van der Waals surface area contributed by atoms with E-state index in [1.165, 1.54) is 7.11 Å². The zero-order valence-corrected chi connectivity index (χ0v) is 16.0. The molecule has 0 aliphatic heterocycles. The topological polar surface area (TPSA) is 63.2 Å². The van der Waals surface area contributed by atoms with Gasteiger partial charge in [-0.3, -0.25) is 0 Å². The predicted molar refractivity (Wildman–Crippen MR) is 98.0 cm³/mol. The second-order valence-corrected chi connectivity index (χ2v) is 5.60. The maximum Gasteiger partial charge on any atom is 0.337 e. The van der Waals surface area contributed by atoms with E-state index >= 15 is 0 Å². The zero-order valence-electron chi connectivity index (χ0n) is 16.0. The average Bonchev–Trinajstić information content (AvgIpc) is 2.68. The molecule has 0 aromatic heterocycles. The van der Waals surface area contributed by atoms with Crippen molar-refractivity contribution in [2.24, 2.45) is 0 Å². The highest BCUT2D eigenvalue weighted by Crippen LogP contribution is 2.49. The van der Waals surface area contributed by atoms with Crippen LogP contribution in [-0.4, -0.2) is 41.5 Å². The highest BCUT2D eigenvalue weighted by Gasteiger charge is 2.25. The minimum absolute atomic E-state index is 0.363. The van der Waals surface area contributed by atoms with Crippen LogP contribution in [0.3, 0.4) is 0 Å². The fraction of sp³-hybridized carbons (Fsp3) is 0.350. The summed E-state index contributed by atoms with van der Waals surface area (Å²) in [6, 6.07) is 7.24. The van der Waals surface area contributed by atoms with E-state index in [0.717, 1.165) is 16.7 Å². The van der Waals surface area contributed by atoms with Crippen molar-refractivity contribution in [3.05, 3.63) is 46.5 Å². The molecule has 0 radical (unpaired) electrons. The molecule has 0 bridgehead atoms. The minimum Gasteiger partial charge on any atom is -0.492 e. The predicted octanol–water partition coefficient (Wildman–Crippen LogP) is 3.41. The number of carbonyl (C=O) groups excluding carboxylic acids is 1. The number of benzene rings is 2. The monoisotopic (exact) mass is 360 g/mol. The maximum atomic E-state index is 11.6. The number of hydrogen-bond acceptors (Lipinski definition) is 6. The Morgan fingerprint density at radius 3 is 1.73 bits per heavy atom. The molecule has 6 heteroatoms. The lowest BCUT2D eigenvalue weighted by atomic mass is 9.96. The van der Waals surface area contributed by atoms with Crippen molar-refractivity contribution in [1.82, 2.24) is 0 Å². The summed E-state index contributed by atoms with van der Waals surface area (Å²) in [4.78, 5) is 11.6. The van der Waals surface area contributed by atoms with Crippen LogP contribution in [0.15, 0.2) is 24.3 Å². The molecule has 0 heterocycles. The van der Waals surface area contributed by atoms with Gasteiger partial charge in [0.2, 0.25) is 11.5 Å². The van der Waals surface area contributed by atoms with Crippen molar-refractivity contribution in [1.29, 1.82) is 0 Å². The number of hydrogen-bond donors (Lipinski definition) is 0. The van der Waals surface area contributed by atoms with Crippen LogP contribution >= 0.6 is 0 Å². The van der Waals surface area contributed by atoms with Crippen molar-refractivity contribution >= 4 is 5.97 Å². The van der Waals surface area contributed by atoms with Crippen LogP contribution < -0.4 is 18.9 Å². The zero-order chi connectivity index (χ0) is 19.3. The Kier molecular flexibility index (Phi) is 6.33. The first-order valence-electron chi connectivity index (χ1n) is 8.04. The number of rotatable bonds is 7. The molecule has 0 saturated heterocycles. The second kappa shape index (κ2) is 8.47. The van der Waals surface area contributed by atoms with Gasteiger partial charge >= 0.3 is 5.97 Å². The van der Waals surface area contributed by atoms with Gasteiger partial charge in [0.1, 0.15) is 0 Å². The van der Waals surface area contributed by atoms with Crippen LogP contribution in [-0.2, 0) is 11.2 Å². The smallest absolute Gasteiger partial charge is 0.337 e. The van der Waals surface area contributed by atoms with E-state index in [0.29, 0.717) is 35.0 Å². The van der Waals surface area contributed by atoms with Gasteiger partial charge in [-0.25, -0.2) is 4.79 Å². The Morgan fingerprint density at radius 1 is 0.769 bits per heavy atom. The molecule has 6 nitrogen and oxygen atoms in total. The van der Waals surface area contributed by atoms with E-state index in [2.05, 4.69) is 0 Å². The summed E-state index contributed by atoms with van der Waals surface area (Å²) in [5, 5.41) is 0. The fourth-order valence-electron chi connectivity index (χ4n) is 2.95. The lowest BCUT2D eigenvalue weighted by Crippen LogP contribution is -2.06. The summed E-state index contributed by atoms with van der Waals surface area (Å²) in [6.45, 7) is 1.95. The van der Waals surface area contributed by atoms with Crippen LogP contribution in [0.2, 0.25) is 0 Å². The van der Waals surface area contributed by atoms with Crippen LogP contribution in [0.25, 0.3) is 0 Å². The summed E-state index contributed by atoms with van der Waals surface area (Å²) in [6.07, 6.45) is 0.577. The molecule has 0 aliphatic carbocycles. The van der Waals surface area contributed by atoms with Crippen molar-refractivity contribution in [3.8, 4) is 23.0 Å². The van der Waals surface area contributed by atoms with Crippen molar-refractivity contribution in [3.63, 3.8) is 0 Å². The Balaban J connectivity index is 2.53. The number of carbonyl (C=O) groups is 1. The van der Waals surface area contributed by atoms with Gasteiger partial charge in [0.25, 0.3) is 0 Å². The third-order valence-corrected chi connectivity index (χ3v) is 4.26. The number of ether oxygens (including phenoxy) is 5. The molecule has 0 saturated carbocycles. The second-order valence-electron chi connectivity index (χ2n) is 5.60. The Labute approximate surface area is 153 Å². The van der Waals surface area contributed by atoms with Gasteiger partial charge in [-0.15, -0.1) is 0 Å². The van der Waals surface area contributed by atoms with E-state index in [1.54, 1.807) is 40.6 Å². The quantitative estimate of drug-likeness (QED) is 0.705. The molecule has 0 aliphatic rings. The molecule has 140 valence electrons. The summed E-state index contributed by atoms with van der Waals surface area (Å²) < 4.78 is 26.8. The van der Waals surface area contributed by atoms with E-state index < -0.39 is 0 Å². The Hall–Kier alpha value is -2.89. The molecule has 2 rings (SSSR count). The molecular formula is C20H24O6. The van der Waals surface area contributed by atoms with Crippen LogP contribution in [0.4, 0.5) is 0 Å². The van der Waals surface area contributed by atoms with Crippen LogP contribution in [0, 0.1) is 6.92 Å². The van der Waals surface area contributed by atoms with Crippen LogP contribution in [0.5, 0.6) is 23.0 Å². The van der Waals surface area contributed by atoms with Gasteiger partial charge < -0.3 is 23.7 Å². The van der Waals surface area contributed by atoms with Gasteiger partial charge in [0.15, 0.2) is 11.5 Å². The summed E-state index contributed by atoms with van der Waals surface area (Å²) in [5.74, 6) is 1.82. The largest absolute Gasteiger partial charge is 0.492 e. The highest BCUT2D eigenvalue weighted by atomic mass is 16.5. The maximum absolute atomic E-state index is 11.6. The van der Waals surface area contributed by atoms with Gasteiger partial charge in [0.05, 0.1) is 41.1 Å². The SMILES string of the molecule is COC(=O)c1ccc(Cc2c(C)c(OC)c(OC)c(OC)c2OC)cc1. The van der Waals surface area contributed by atoms with Gasteiger partial charge in [0, 0.05) is 17.5 Å². The van der Waals surface area contributed by atoms with Crippen LogP contribution in [0.1, 0.15) is 27.0 Å². The first kappa shape index (κ1) is 19.4. The lowest BCUT2D eigenvalue weighted by Gasteiger charge is -2.21. The van der Waals surface area contributed by atoms with E-state index in [4.69, 9.17) is 23.7 Å². The third-order valence-electron chi connectivity index (χ3n) is 4.26. The van der Waals surface area contributed by atoms with Crippen molar-refractivity contribution in [2.45, 2.75) is 13.3 Å². The standard InChI is InChI=1S/C20H24O6/c1-12-15(11-13-7-9-14(10-8-13)20(21)26-6)17(23-3)19(25-5)18(24-4)16(12)22-2/h7-10H,11H2,1-6H3. The minimum atomic E-state index is -0.363. The summed E-state index contributed by atoms with van der Waals surface area (Å²) in [7, 11) is 7.66. The molecule has 2 aromatic carbocycles. The molecular weight excluding hydrogens is 336 g/mol. The molecule has 0 amide bonds. The Morgan fingerprint density at radius 2 is 1.27 bits per heavy atom. The first-order chi connectivity index (χ1) is 12.5. The number of methoxy groups -OCH3 is 5. The third kappa shape index (κ3) is 3.54. The van der Waals surface area contributed by atoms with Gasteiger partial charge in [-0.2, -0.15) is 0 Å². The molecule has 0 N–H and O–H groups in total. The molecule has 0 fully saturated rings. The van der Waals surface area contributed by atoms with E-state index in [1.807, 2.05) is 19.1 Å². The molecule has 0 unspecified atom stereocenters. The average molecular weight is 360 g/mol. The molecule has 2 aromatic rings. The van der Waals surface area contributed by atoms with E-state index in [-0.39, 0.29) is 5.97 Å². The Bertz CT molecular complexity index is 780. The van der Waals surface area contributed by atoms with Crippen molar-refractivity contribution in [2.75, 3.05) is 35.5 Å². The molecule has 0 atom stereocenters. The molecule has 0 spiro atoms. The van der Waals surface area contributed by atoms with Gasteiger partial charge in [-0.05, 0) is 24.6 Å². The van der Waals surface area contributed by atoms with Gasteiger partial charge in [-0.1, -0.05) is 12.1 Å². The normalized spacial score (nSPS) is 10.2. The molecule has 26 heavy (non-hydrogen) atoms. The van der Waals surface area contributed by atoms with E-state index in [9.17, 15) is 4.79 Å². The first-order valence-corrected chi connectivity index (χ1v) is 8.04. The highest BCUT2D eigenvalue weighted by molar-refractivity contribution is 5.89. The summed E-state index contributed by atoms with van der Waals surface area (Å²) in [5.41, 5.74) is 3.34. The number of esters is 1. The lowest BCUT2D eigenvalue weighted by molar-refractivity contribution is 0.0600. The summed E-state index contributed by atoms with van der Waals surface area (Å²) >= 11 is 0. The van der Waals surface area contributed by atoms with Crippen molar-refractivity contribution < 1.29 is 28.5 Å².